The number of thiazole rings is 1. The second-order valence-corrected chi connectivity index (χ2v) is 14.0. The van der Waals surface area contributed by atoms with Crippen LogP contribution in [0.1, 0.15) is 59.7 Å². The molecule has 12 heteroatoms. The molecule has 2 amide bonds. The first-order chi connectivity index (χ1) is 20.7. The minimum Gasteiger partial charge on any atom is -0.380 e. The van der Waals surface area contributed by atoms with E-state index in [2.05, 4.69) is 31.9 Å². The van der Waals surface area contributed by atoms with Crippen LogP contribution in [0, 0.1) is 20.8 Å². The fourth-order valence-electron chi connectivity index (χ4n) is 6.24. The van der Waals surface area contributed by atoms with Gasteiger partial charge in [0.05, 0.1) is 27.2 Å². The molecule has 1 aliphatic carbocycles. The molecule has 3 aliphatic heterocycles. The maximum atomic E-state index is 12.2. The summed E-state index contributed by atoms with van der Waals surface area (Å²) in [5.41, 5.74) is 2.01. The lowest BCUT2D eigenvalue weighted by Crippen LogP contribution is -2.58. The number of thioether (sulfide) groups is 1. The molecule has 0 aromatic carbocycles. The van der Waals surface area contributed by atoms with E-state index >= 15 is 0 Å². The number of aliphatic hydroxyl groups is 1. The van der Waals surface area contributed by atoms with Gasteiger partial charge in [0.15, 0.2) is 0 Å². The number of pyridine rings is 1. The summed E-state index contributed by atoms with van der Waals surface area (Å²) in [7, 11) is 0. The van der Waals surface area contributed by atoms with Crippen LogP contribution in [0.25, 0.3) is 5.70 Å². The fourth-order valence-corrected chi connectivity index (χ4v) is 7.88. The molecule has 2 aromatic rings. The lowest BCUT2D eigenvalue weighted by Gasteiger charge is -2.45. The molecule has 1 saturated carbocycles. The van der Waals surface area contributed by atoms with Gasteiger partial charge in [0.1, 0.15) is 11.4 Å². The minimum atomic E-state index is -1.03. The third-order valence-corrected chi connectivity index (χ3v) is 10.6. The van der Waals surface area contributed by atoms with Gasteiger partial charge in [-0.05, 0) is 83.1 Å². The van der Waals surface area contributed by atoms with Gasteiger partial charge in [0.2, 0.25) is 6.41 Å². The summed E-state index contributed by atoms with van der Waals surface area (Å²) in [6.07, 6.45) is 8.37. The number of rotatable bonds is 9. The SMILES string of the molecule is C=N/C(=C\SCNc1ccc(C)cn1)c1sc(C)nc1C.O=CN1[C@@H]2CC[C@H]1CN(C1CCN(C(=O)C3(O)CC3)CC1)C2. The van der Waals surface area contributed by atoms with Gasteiger partial charge in [-0.15, -0.1) is 23.1 Å². The van der Waals surface area contributed by atoms with E-state index in [1.54, 1.807) is 23.1 Å². The minimum absolute atomic E-state index is 0.0585. The maximum Gasteiger partial charge on any atom is 0.254 e. The standard InChI is InChI=1S/C16H25N3O3.C15H18N4S2/c20-11-19-13-1-2-14(19)10-18(9-13)12-3-7-17(8-4-12)15(21)16(22)5-6-16;1-10-5-6-14(17-7-10)18-9-20-8-13(16-4)15-11(2)19-12(3)21-15/h11-14,22H,1-10H2;5-8H,4,9H2,1-3H3,(H,17,18)/b;13-8-/t13-,14+;. The monoisotopic (exact) mass is 625 g/mol. The molecule has 2 atom stereocenters. The molecule has 6 rings (SSSR count). The quantitative estimate of drug-likeness (QED) is 0.186. The van der Waals surface area contributed by atoms with E-state index < -0.39 is 5.60 Å². The molecule has 5 heterocycles. The van der Waals surface area contributed by atoms with Gasteiger partial charge < -0.3 is 20.2 Å². The molecule has 2 aromatic heterocycles. The third kappa shape index (κ3) is 7.65. The molecule has 4 aliphatic rings. The van der Waals surface area contributed by atoms with E-state index in [9.17, 15) is 14.7 Å². The molecular formula is C31H43N7O3S2. The van der Waals surface area contributed by atoms with Crippen molar-refractivity contribution >= 4 is 53.6 Å². The second-order valence-electron chi connectivity index (χ2n) is 12.0. The molecule has 2 bridgehead atoms. The molecule has 0 radical (unpaired) electrons. The number of likely N-dealkylation sites (tertiary alicyclic amines) is 2. The van der Waals surface area contributed by atoms with Crippen LogP contribution in [0.4, 0.5) is 5.82 Å². The van der Waals surface area contributed by atoms with Crippen molar-refractivity contribution in [3.63, 3.8) is 0 Å². The topological polar surface area (TPSA) is 114 Å². The van der Waals surface area contributed by atoms with E-state index in [1.165, 1.54) is 0 Å². The number of aromatic nitrogens is 2. The number of carbonyl (C=O) groups is 2. The van der Waals surface area contributed by atoms with Gasteiger partial charge in [0, 0.05) is 50.5 Å². The van der Waals surface area contributed by atoms with Crippen molar-refractivity contribution in [2.45, 2.75) is 83.0 Å². The fraction of sp³-hybridized carbons (Fsp3) is 0.581. The molecule has 232 valence electrons. The number of amides is 2. The molecule has 43 heavy (non-hydrogen) atoms. The number of anilines is 1. The zero-order valence-corrected chi connectivity index (χ0v) is 27.0. The highest BCUT2D eigenvalue weighted by Gasteiger charge is 2.51. The summed E-state index contributed by atoms with van der Waals surface area (Å²) in [5, 5.41) is 16.3. The van der Waals surface area contributed by atoms with E-state index in [1.807, 2.05) is 54.3 Å². The number of nitrogens with zero attached hydrogens (tertiary/aromatic N) is 6. The molecule has 4 fully saturated rings. The Bertz CT molecular complexity index is 1310. The van der Waals surface area contributed by atoms with Crippen LogP contribution < -0.4 is 5.32 Å². The average molecular weight is 626 g/mol. The highest BCUT2D eigenvalue weighted by molar-refractivity contribution is 8.02. The van der Waals surface area contributed by atoms with Gasteiger partial charge in [-0.2, -0.15) is 0 Å². The summed E-state index contributed by atoms with van der Waals surface area (Å²) < 4.78 is 0. The van der Waals surface area contributed by atoms with Crippen LogP contribution >= 0.6 is 23.1 Å². The first-order valence-corrected chi connectivity index (χ1v) is 16.9. The Morgan fingerprint density at radius 3 is 2.40 bits per heavy atom. The Morgan fingerprint density at radius 2 is 1.86 bits per heavy atom. The number of fused-ring (bicyclic) bond motifs is 2. The summed E-state index contributed by atoms with van der Waals surface area (Å²) in [6.45, 7) is 13.2. The van der Waals surface area contributed by atoms with Gasteiger partial charge in [-0.3, -0.25) is 19.5 Å². The number of piperazine rings is 1. The average Bonchev–Trinajstić information content (AvgIpc) is 3.61. The Hall–Kier alpha value is -2.80. The number of piperidine rings is 1. The van der Waals surface area contributed by atoms with Crippen molar-refractivity contribution in [1.82, 2.24) is 24.7 Å². The number of aryl methyl sites for hydroxylation is 3. The Labute approximate surface area is 262 Å². The maximum absolute atomic E-state index is 12.2. The molecule has 2 N–H and O–H groups in total. The van der Waals surface area contributed by atoms with Gasteiger partial charge in [0.25, 0.3) is 5.91 Å². The lowest BCUT2D eigenvalue weighted by molar-refractivity contribution is -0.144. The number of hydrogen-bond donors (Lipinski definition) is 2. The highest BCUT2D eigenvalue weighted by atomic mass is 32.2. The Balaban J connectivity index is 0.000000172. The number of nitrogens with one attached hydrogen (secondary N) is 1. The summed E-state index contributed by atoms with van der Waals surface area (Å²) >= 11 is 3.27. The van der Waals surface area contributed by atoms with E-state index in [4.69, 9.17) is 0 Å². The van der Waals surface area contributed by atoms with Crippen molar-refractivity contribution in [3.8, 4) is 0 Å². The van der Waals surface area contributed by atoms with Crippen LogP contribution in [-0.4, -0.2) is 105 Å². The smallest absolute Gasteiger partial charge is 0.254 e. The first kappa shape index (κ1) is 31.6. The lowest BCUT2D eigenvalue weighted by atomic mass is 10.00. The molecule has 3 saturated heterocycles. The molecular weight excluding hydrogens is 583 g/mol. The zero-order valence-electron chi connectivity index (χ0n) is 25.4. The van der Waals surface area contributed by atoms with Crippen molar-refractivity contribution in [1.29, 1.82) is 0 Å². The Kier molecular flexibility index (Phi) is 10.2. The first-order valence-electron chi connectivity index (χ1n) is 15.1. The van der Waals surface area contributed by atoms with Crippen LogP contribution in [0.2, 0.25) is 0 Å². The predicted octanol–water partition coefficient (Wildman–Crippen LogP) is 4.07. The van der Waals surface area contributed by atoms with Crippen molar-refractivity contribution < 1.29 is 14.7 Å². The third-order valence-electron chi connectivity index (χ3n) is 8.83. The highest BCUT2D eigenvalue weighted by Crippen LogP contribution is 2.38. The summed E-state index contributed by atoms with van der Waals surface area (Å²) in [4.78, 5) is 43.6. The Morgan fingerprint density at radius 1 is 1.16 bits per heavy atom. The number of hydrogen-bond acceptors (Lipinski definition) is 10. The van der Waals surface area contributed by atoms with Crippen molar-refractivity contribution in [2.75, 3.05) is 37.4 Å². The van der Waals surface area contributed by atoms with E-state index in [-0.39, 0.29) is 5.91 Å². The van der Waals surface area contributed by atoms with Crippen molar-refractivity contribution in [2.24, 2.45) is 4.99 Å². The second kappa shape index (κ2) is 13.9. The predicted molar refractivity (Wildman–Crippen MR) is 174 cm³/mol. The van der Waals surface area contributed by atoms with Crippen LogP contribution in [-0.2, 0) is 9.59 Å². The van der Waals surface area contributed by atoms with Crippen LogP contribution in [0.15, 0.2) is 28.7 Å². The van der Waals surface area contributed by atoms with Crippen LogP contribution in [0.5, 0.6) is 0 Å². The van der Waals surface area contributed by atoms with Crippen LogP contribution in [0.3, 0.4) is 0 Å². The molecule has 0 spiro atoms. The van der Waals surface area contributed by atoms with E-state index in [0.29, 0.717) is 31.0 Å². The van der Waals surface area contributed by atoms with Gasteiger partial charge in [-0.25, -0.2) is 9.97 Å². The summed E-state index contributed by atoms with van der Waals surface area (Å²) in [6, 6.07) is 5.32. The van der Waals surface area contributed by atoms with Gasteiger partial charge in [-0.1, -0.05) is 6.07 Å². The molecule has 0 unspecified atom stereocenters. The largest absolute Gasteiger partial charge is 0.380 e. The van der Waals surface area contributed by atoms with Gasteiger partial charge >= 0.3 is 0 Å². The number of aliphatic imine (C=N–C) groups is 1. The number of carbonyl (C=O) groups excluding carboxylic acids is 2. The van der Waals surface area contributed by atoms with E-state index in [0.717, 1.165) is 96.8 Å². The van der Waals surface area contributed by atoms with Crippen molar-refractivity contribution in [3.05, 3.63) is 44.9 Å². The summed E-state index contributed by atoms with van der Waals surface area (Å²) in [5.74, 6) is 1.54. The molecule has 10 nitrogen and oxygen atoms in total. The normalized spacial score (nSPS) is 23.4. The zero-order chi connectivity index (χ0) is 30.6.